The van der Waals surface area contributed by atoms with Crippen molar-refractivity contribution in [3.8, 4) is 11.3 Å². The smallest absolute Gasteiger partial charge is 0.335 e. The number of furan rings is 1. The van der Waals surface area contributed by atoms with Crippen LogP contribution in [0.15, 0.2) is 58.5 Å². The predicted octanol–water partition coefficient (Wildman–Crippen LogP) is 4.58. The Morgan fingerprint density at radius 1 is 1.03 bits per heavy atom. The fourth-order valence-corrected chi connectivity index (χ4v) is 3.58. The number of rotatable bonds is 4. The number of hydrogen-bond acceptors (Lipinski definition) is 5. The zero-order valence-corrected chi connectivity index (χ0v) is 18.3. The number of urea groups is 1. The number of aryl methyl sites for hydroxylation is 2. The molecule has 0 saturated carbocycles. The van der Waals surface area contributed by atoms with Crippen LogP contribution in [-0.4, -0.2) is 28.9 Å². The molecule has 166 valence electrons. The molecule has 1 aliphatic heterocycles. The number of carboxylic acids is 1. The zero-order chi connectivity index (χ0) is 23.9. The number of imide groups is 2. The van der Waals surface area contributed by atoms with Crippen LogP contribution in [0.2, 0.25) is 5.02 Å². The summed E-state index contributed by atoms with van der Waals surface area (Å²) in [5, 5.41) is 11.6. The number of benzene rings is 2. The molecular weight excluding hydrogens is 448 g/mol. The summed E-state index contributed by atoms with van der Waals surface area (Å²) in [6.07, 6.45) is 1.25. The van der Waals surface area contributed by atoms with Gasteiger partial charge in [-0.2, -0.15) is 0 Å². The van der Waals surface area contributed by atoms with Crippen molar-refractivity contribution < 1.29 is 28.7 Å². The number of carbonyl (C=O) groups excluding carboxylic acids is 3. The van der Waals surface area contributed by atoms with Crippen molar-refractivity contribution in [2.24, 2.45) is 0 Å². The molecule has 1 saturated heterocycles. The van der Waals surface area contributed by atoms with E-state index < -0.39 is 23.8 Å². The molecule has 1 aliphatic rings. The van der Waals surface area contributed by atoms with Crippen LogP contribution >= 0.6 is 11.6 Å². The van der Waals surface area contributed by atoms with Gasteiger partial charge in [-0.05, 0) is 67.4 Å². The Labute approximate surface area is 193 Å². The van der Waals surface area contributed by atoms with Crippen LogP contribution in [-0.2, 0) is 9.59 Å². The highest BCUT2D eigenvalue weighted by Crippen LogP contribution is 2.29. The van der Waals surface area contributed by atoms with E-state index in [4.69, 9.17) is 21.1 Å². The highest BCUT2D eigenvalue weighted by atomic mass is 35.5. The first-order chi connectivity index (χ1) is 15.7. The maximum Gasteiger partial charge on any atom is 0.335 e. The van der Waals surface area contributed by atoms with Gasteiger partial charge in [-0.15, -0.1) is 0 Å². The second-order valence-corrected chi connectivity index (χ2v) is 7.84. The third-order valence-electron chi connectivity index (χ3n) is 5.17. The molecule has 3 aromatic rings. The molecule has 0 aliphatic carbocycles. The quantitative estimate of drug-likeness (QED) is 0.431. The van der Waals surface area contributed by atoms with Crippen molar-refractivity contribution in [1.82, 2.24) is 5.32 Å². The SMILES string of the molecule is Cc1ccc(N2C(=O)NC(=O)C(=Cc3ccc(-c4ccc(C(=O)O)cc4C)o3)C2=O)cc1Cl. The van der Waals surface area contributed by atoms with Crippen LogP contribution in [0.1, 0.15) is 27.2 Å². The van der Waals surface area contributed by atoms with Gasteiger partial charge in [0.15, 0.2) is 0 Å². The Hall–Kier alpha value is -4.17. The average Bonchev–Trinajstić information content (AvgIpc) is 3.21. The molecule has 0 spiro atoms. The summed E-state index contributed by atoms with van der Waals surface area (Å²) in [5.74, 6) is -2.06. The number of aromatic carboxylic acids is 1. The fourth-order valence-electron chi connectivity index (χ4n) is 3.40. The number of nitrogens with zero attached hydrogens (tertiary/aromatic N) is 1. The lowest BCUT2D eigenvalue weighted by molar-refractivity contribution is -0.122. The Morgan fingerprint density at radius 2 is 1.79 bits per heavy atom. The molecule has 1 fully saturated rings. The number of barbiturate groups is 1. The van der Waals surface area contributed by atoms with E-state index in [0.29, 0.717) is 21.9 Å². The Balaban J connectivity index is 1.67. The fraction of sp³-hybridized carbons (Fsp3) is 0.0833. The second-order valence-electron chi connectivity index (χ2n) is 7.43. The van der Waals surface area contributed by atoms with Crippen molar-refractivity contribution in [3.63, 3.8) is 0 Å². The molecule has 1 aromatic heterocycles. The normalized spacial score (nSPS) is 15.2. The largest absolute Gasteiger partial charge is 0.478 e. The van der Waals surface area contributed by atoms with Crippen LogP contribution in [0, 0.1) is 13.8 Å². The summed E-state index contributed by atoms with van der Waals surface area (Å²) < 4.78 is 5.77. The van der Waals surface area contributed by atoms with E-state index in [2.05, 4.69) is 5.32 Å². The monoisotopic (exact) mass is 464 g/mol. The molecule has 0 unspecified atom stereocenters. The highest BCUT2D eigenvalue weighted by molar-refractivity contribution is 6.39. The number of carboxylic acid groups (broad SMARTS) is 1. The summed E-state index contributed by atoms with van der Waals surface area (Å²) in [5.41, 5.74) is 2.20. The van der Waals surface area contributed by atoms with Gasteiger partial charge >= 0.3 is 12.0 Å². The average molecular weight is 465 g/mol. The lowest BCUT2D eigenvalue weighted by Gasteiger charge is -2.26. The van der Waals surface area contributed by atoms with E-state index >= 15 is 0 Å². The van der Waals surface area contributed by atoms with Gasteiger partial charge in [0.2, 0.25) is 0 Å². The summed E-state index contributed by atoms with van der Waals surface area (Å²) in [7, 11) is 0. The summed E-state index contributed by atoms with van der Waals surface area (Å²) in [6, 6.07) is 11.6. The molecule has 4 amide bonds. The van der Waals surface area contributed by atoms with Gasteiger partial charge < -0.3 is 9.52 Å². The molecular formula is C24H17ClN2O6. The molecule has 2 heterocycles. The van der Waals surface area contributed by atoms with Crippen LogP contribution in [0.5, 0.6) is 0 Å². The van der Waals surface area contributed by atoms with Crippen molar-refractivity contribution in [2.45, 2.75) is 13.8 Å². The number of nitrogens with one attached hydrogen (secondary N) is 1. The minimum atomic E-state index is -1.04. The molecule has 9 heteroatoms. The topological polar surface area (TPSA) is 117 Å². The number of carbonyl (C=O) groups is 4. The van der Waals surface area contributed by atoms with Crippen molar-refractivity contribution >= 4 is 47.2 Å². The Morgan fingerprint density at radius 3 is 2.45 bits per heavy atom. The molecule has 8 nitrogen and oxygen atoms in total. The lowest BCUT2D eigenvalue weighted by atomic mass is 10.0. The molecule has 0 radical (unpaired) electrons. The van der Waals surface area contributed by atoms with E-state index in [-0.39, 0.29) is 22.6 Å². The van der Waals surface area contributed by atoms with E-state index in [9.17, 15) is 19.2 Å². The minimum Gasteiger partial charge on any atom is -0.478 e. The Kier molecular flexibility index (Phi) is 5.61. The number of anilines is 1. The van der Waals surface area contributed by atoms with Crippen molar-refractivity contribution in [3.05, 3.63) is 81.6 Å². The van der Waals surface area contributed by atoms with Gasteiger partial charge in [0.05, 0.1) is 11.3 Å². The summed E-state index contributed by atoms with van der Waals surface area (Å²) in [4.78, 5) is 49.7. The first-order valence-corrected chi connectivity index (χ1v) is 10.2. The van der Waals surface area contributed by atoms with Gasteiger partial charge in [0, 0.05) is 10.6 Å². The van der Waals surface area contributed by atoms with E-state index in [0.717, 1.165) is 10.5 Å². The van der Waals surface area contributed by atoms with Crippen molar-refractivity contribution in [2.75, 3.05) is 4.90 Å². The van der Waals surface area contributed by atoms with Gasteiger partial charge in [0.1, 0.15) is 17.1 Å². The molecule has 2 aromatic carbocycles. The van der Waals surface area contributed by atoms with Gasteiger partial charge in [-0.25, -0.2) is 14.5 Å². The summed E-state index contributed by atoms with van der Waals surface area (Å²) in [6.45, 7) is 3.53. The summed E-state index contributed by atoms with van der Waals surface area (Å²) >= 11 is 6.13. The van der Waals surface area contributed by atoms with Crippen LogP contribution in [0.4, 0.5) is 10.5 Å². The maximum atomic E-state index is 13.0. The first-order valence-electron chi connectivity index (χ1n) is 9.77. The molecule has 2 N–H and O–H groups in total. The van der Waals surface area contributed by atoms with Crippen LogP contribution in [0.25, 0.3) is 17.4 Å². The van der Waals surface area contributed by atoms with Gasteiger partial charge in [-0.1, -0.05) is 23.7 Å². The Bertz CT molecular complexity index is 1370. The van der Waals surface area contributed by atoms with Gasteiger partial charge in [0.25, 0.3) is 11.8 Å². The third kappa shape index (κ3) is 4.16. The van der Waals surface area contributed by atoms with E-state index in [1.165, 1.54) is 24.3 Å². The maximum absolute atomic E-state index is 13.0. The first kappa shape index (κ1) is 22.0. The second kappa shape index (κ2) is 8.40. The zero-order valence-electron chi connectivity index (χ0n) is 17.5. The molecule has 0 atom stereocenters. The number of amides is 4. The van der Waals surface area contributed by atoms with Crippen molar-refractivity contribution in [1.29, 1.82) is 0 Å². The molecule has 4 rings (SSSR count). The standard InChI is InChI=1S/C24H17ClN2O6/c1-12-3-5-15(10-19(12)25)27-22(29)18(21(28)26-24(27)32)11-16-6-8-20(33-16)17-7-4-14(23(30)31)9-13(17)2/h3-11H,1-2H3,(H,30,31)(H,26,28,32). The number of hydrogen-bond donors (Lipinski definition) is 2. The molecule has 33 heavy (non-hydrogen) atoms. The van der Waals surface area contributed by atoms with Crippen LogP contribution in [0.3, 0.4) is 0 Å². The van der Waals surface area contributed by atoms with Gasteiger partial charge in [-0.3, -0.25) is 14.9 Å². The molecule has 0 bridgehead atoms. The van der Waals surface area contributed by atoms with Crippen LogP contribution < -0.4 is 10.2 Å². The third-order valence-corrected chi connectivity index (χ3v) is 5.57. The van der Waals surface area contributed by atoms with E-state index in [1.807, 2.05) is 0 Å². The lowest BCUT2D eigenvalue weighted by Crippen LogP contribution is -2.54. The predicted molar refractivity (Wildman–Crippen MR) is 121 cm³/mol. The highest BCUT2D eigenvalue weighted by Gasteiger charge is 2.37. The minimum absolute atomic E-state index is 0.149. The van der Waals surface area contributed by atoms with E-state index in [1.54, 1.807) is 44.2 Å². The number of halogens is 1.